The monoisotopic (exact) mass is 282 g/mol. The molecule has 0 amide bonds. The molecule has 21 heavy (non-hydrogen) atoms. The molecule has 1 aromatic heterocycles. The van der Waals surface area contributed by atoms with Gasteiger partial charge in [-0.15, -0.1) is 0 Å². The van der Waals surface area contributed by atoms with Crippen molar-refractivity contribution in [1.29, 1.82) is 0 Å². The summed E-state index contributed by atoms with van der Waals surface area (Å²) in [5, 5.41) is 3.36. The van der Waals surface area contributed by atoms with Crippen molar-refractivity contribution in [3.05, 3.63) is 47.8 Å². The van der Waals surface area contributed by atoms with Crippen molar-refractivity contribution in [3.8, 4) is 0 Å². The Morgan fingerprint density at radius 1 is 1.29 bits per heavy atom. The molecule has 1 atom stereocenters. The van der Waals surface area contributed by atoms with Gasteiger partial charge in [-0.05, 0) is 49.9 Å². The van der Waals surface area contributed by atoms with Crippen molar-refractivity contribution in [2.45, 2.75) is 20.3 Å². The van der Waals surface area contributed by atoms with Gasteiger partial charge in [0.2, 0.25) is 5.95 Å². The molecule has 0 bridgehead atoms. The number of rotatable bonds is 4. The van der Waals surface area contributed by atoms with Gasteiger partial charge in [0.1, 0.15) is 0 Å². The van der Waals surface area contributed by atoms with Gasteiger partial charge >= 0.3 is 0 Å². The molecule has 1 saturated heterocycles. The van der Waals surface area contributed by atoms with E-state index in [0.717, 1.165) is 31.3 Å². The minimum absolute atomic E-state index is 0.648. The SMILES string of the molecule is Cc1cccc(N2CCC(CNc3nccc(C)n3)C2)c1. The zero-order chi connectivity index (χ0) is 14.7. The van der Waals surface area contributed by atoms with Crippen LogP contribution in [0, 0.1) is 19.8 Å². The molecular weight excluding hydrogens is 260 g/mol. The first-order valence-electron chi connectivity index (χ1n) is 7.56. The largest absolute Gasteiger partial charge is 0.371 e. The standard InChI is InChI=1S/C17H22N4/c1-13-4-3-5-16(10-13)21-9-7-15(12-21)11-19-17-18-8-6-14(2)20-17/h3-6,8,10,15H,7,9,11-12H2,1-2H3,(H,18,19,20). The summed E-state index contributed by atoms with van der Waals surface area (Å²) in [5.41, 5.74) is 3.66. The summed E-state index contributed by atoms with van der Waals surface area (Å²) in [7, 11) is 0. The lowest BCUT2D eigenvalue weighted by molar-refractivity contribution is 0.619. The highest BCUT2D eigenvalue weighted by Crippen LogP contribution is 2.24. The second-order valence-corrected chi connectivity index (χ2v) is 5.84. The van der Waals surface area contributed by atoms with Crippen LogP contribution in [-0.4, -0.2) is 29.6 Å². The Balaban J connectivity index is 1.55. The quantitative estimate of drug-likeness (QED) is 0.936. The maximum absolute atomic E-state index is 4.39. The van der Waals surface area contributed by atoms with Crippen LogP contribution in [0.1, 0.15) is 17.7 Å². The van der Waals surface area contributed by atoms with E-state index in [1.165, 1.54) is 17.7 Å². The van der Waals surface area contributed by atoms with Crippen molar-refractivity contribution in [3.63, 3.8) is 0 Å². The molecule has 1 aliphatic rings. The molecule has 110 valence electrons. The lowest BCUT2D eigenvalue weighted by Gasteiger charge is -2.19. The van der Waals surface area contributed by atoms with Crippen LogP contribution >= 0.6 is 0 Å². The van der Waals surface area contributed by atoms with Gasteiger partial charge < -0.3 is 10.2 Å². The molecule has 1 fully saturated rings. The third-order valence-electron chi connectivity index (χ3n) is 4.00. The predicted octanol–water partition coefficient (Wildman–Crippen LogP) is 3.03. The molecular formula is C17H22N4. The fourth-order valence-electron chi connectivity index (χ4n) is 2.83. The van der Waals surface area contributed by atoms with Crippen LogP contribution in [0.2, 0.25) is 0 Å². The van der Waals surface area contributed by atoms with E-state index in [1.54, 1.807) is 6.20 Å². The second kappa shape index (κ2) is 6.12. The van der Waals surface area contributed by atoms with Crippen LogP contribution in [0.5, 0.6) is 0 Å². The molecule has 1 aliphatic heterocycles. The lowest BCUT2D eigenvalue weighted by Crippen LogP contribution is -2.22. The van der Waals surface area contributed by atoms with E-state index in [2.05, 4.69) is 51.4 Å². The van der Waals surface area contributed by atoms with Gasteiger partial charge in [-0.2, -0.15) is 0 Å². The average Bonchev–Trinajstić information content (AvgIpc) is 2.94. The zero-order valence-electron chi connectivity index (χ0n) is 12.7. The maximum atomic E-state index is 4.39. The van der Waals surface area contributed by atoms with Crippen LogP contribution in [-0.2, 0) is 0 Å². The molecule has 0 radical (unpaired) electrons. The molecule has 1 unspecified atom stereocenters. The van der Waals surface area contributed by atoms with Crippen molar-refractivity contribution in [2.75, 3.05) is 29.9 Å². The predicted molar refractivity (Wildman–Crippen MR) is 86.8 cm³/mol. The Bertz CT molecular complexity index is 611. The Morgan fingerprint density at radius 2 is 2.19 bits per heavy atom. The van der Waals surface area contributed by atoms with E-state index in [0.29, 0.717) is 5.92 Å². The third kappa shape index (κ3) is 3.51. The molecule has 4 heteroatoms. The van der Waals surface area contributed by atoms with Crippen LogP contribution in [0.4, 0.5) is 11.6 Å². The molecule has 0 aliphatic carbocycles. The first kappa shape index (κ1) is 13.9. The summed E-state index contributed by atoms with van der Waals surface area (Å²) in [6.45, 7) is 7.30. The third-order valence-corrected chi connectivity index (χ3v) is 4.00. The summed E-state index contributed by atoms with van der Waals surface area (Å²) >= 11 is 0. The van der Waals surface area contributed by atoms with Gasteiger partial charge in [-0.1, -0.05) is 12.1 Å². The van der Waals surface area contributed by atoms with Crippen LogP contribution in [0.15, 0.2) is 36.5 Å². The van der Waals surface area contributed by atoms with E-state index < -0.39 is 0 Å². The molecule has 2 heterocycles. The number of benzene rings is 1. The van der Waals surface area contributed by atoms with E-state index in [-0.39, 0.29) is 0 Å². The normalized spacial score (nSPS) is 18.0. The highest BCUT2D eigenvalue weighted by molar-refractivity contribution is 5.49. The Morgan fingerprint density at radius 3 is 3.00 bits per heavy atom. The highest BCUT2D eigenvalue weighted by atomic mass is 15.2. The highest BCUT2D eigenvalue weighted by Gasteiger charge is 2.22. The number of anilines is 2. The van der Waals surface area contributed by atoms with Gasteiger partial charge in [-0.3, -0.25) is 0 Å². The minimum atomic E-state index is 0.648. The van der Waals surface area contributed by atoms with E-state index in [4.69, 9.17) is 0 Å². The fraction of sp³-hybridized carbons (Fsp3) is 0.412. The molecule has 2 aromatic rings. The maximum Gasteiger partial charge on any atom is 0.222 e. The van der Waals surface area contributed by atoms with Crippen molar-refractivity contribution in [1.82, 2.24) is 9.97 Å². The van der Waals surface area contributed by atoms with Gasteiger partial charge in [0, 0.05) is 37.2 Å². The lowest BCUT2D eigenvalue weighted by atomic mass is 10.1. The number of nitrogens with zero attached hydrogens (tertiary/aromatic N) is 3. The second-order valence-electron chi connectivity index (χ2n) is 5.84. The number of hydrogen-bond donors (Lipinski definition) is 1. The minimum Gasteiger partial charge on any atom is -0.371 e. The number of aryl methyl sites for hydroxylation is 2. The Hall–Kier alpha value is -2.10. The average molecular weight is 282 g/mol. The summed E-state index contributed by atoms with van der Waals surface area (Å²) in [6.07, 6.45) is 3.02. The summed E-state index contributed by atoms with van der Waals surface area (Å²) in [5.74, 6) is 1.39. The van der Waals surface area contributed by atoms with Gasteiger partial charge in [0.15, 0.2) is 0 Å². The van der Waals surface area contributed by atoms with Crippen molar-refractivity contribution < 1.29 is 0 Å². The van der Waals surface area contributed by atoms with Gasteiger partial charge in [-0.25, -0.2) is 9.97 Å². The molecule has 0 spiro atoms. The van der Waals surface area contributed by atoms with Crippen molar-refractivity contribution >= 4 is 11.6 Å². The fourth-order valence-corrected chi connectivity index (χ4v) is 2.83. The molecule has 1 N–H and O–H groups in total. The topological polar surface area (TPSA) is 41.0 Å². The Labute approximate surface area is 126 Å². The summed E-state index contributed by atoms with van der Waals surface area (Å²) in [4.78, 5) is 11.1. The summed E-state index contributed by atoms with van der Waals surface area (Å²) in [6, 6.07) is 10.7. The van der Waals surface area contributed by atoms with Crippen LogP contribution in [0.25, 0.3) is 0 Å². The van der Waals surface area contributed by atoms with Gasteiger partial charge in [0.25, 0.3) is 0 Å². The number of hydrogen-bond acceptors (Lipinski definition) is 4. The Kier molecular flexibility index (Phi) is 4.04. The smallest absolute Gasteiger partial charge is 0.222 e. The summed E-state index contributed by atoms with van der Waals surface area (Å²) < 4.78 is 0. The van der Waals surface area contributed by atoms with Crippen molar-refractivity contribution in [2.24, 2.45) is 5.92 Å². The molecule has 1 aromatic carbocycles. The zero-order valence-corrected chi connectivity index (χ0v) is 12.7. The first-order chi connectivity index (χ1) is 10.2. The van der Waals surface area contributed by atoms with E-state index >= 15 is 0 Å². The first-order valence-corrected chi connectivity index (χ1v) is 7.56. The van der Waals surface area contributed by atoms with Crippen LogP contribution in [0.3, 0.4) is 0 Å². The number of nitrogens with one attached hydrogen (secondary N) is 1. The molecule has 0 saturated carbocycles. The molecule has 4 nitrogen and oxygen atoms in total. The number of aromatic nitrogens is 2. The van der Waals surface area contributed by atoms with E-state index in [1.807, 2.05) is 13.0 Å². The van der Waals surface area contributed by atoms with Gasteiger partial charge in [0.05, 0.1) is 0 Å². The van der Waals surface area contributed by atoms with E-state index in [9.17, 15) is 0 Å². The molecule has 3 rings (SSSR count). The van der Waals surface area contributed by atoms with Crippen LogP contribution < -0.4 is 10.2 Å².